The number of hydrogen-bond donors (Lipinski definition) is 2. The van der Waals surface area contributed by atoms with Gasteiger partial charge in [-0.1, -0.05) is 0 Å². The minimum absolute atomic E-state index is 0.369. The van der Waals surface area contributed by atoms with Crippen molar-refractivity contribution in [1.29, 1.82) is 0 Å². The molecule has 96 valence electrons. The van der Waals surface area contributed by atoms with Crippen molar-refractivity contribution in [3.05, 3.63) is 17.1 Å². The number of carbonyl (C=O) groups is 1. The summed E-state index contributed by atoms with van der Waals surface area (Å²) in [6.07, 6.45) is 1.04. The van der Waals surface area contributed by atoms with E-state index in [9.17, 15) is 9.90 Å². The van der Waals surface area contributed by atoms with Crippen LogP contribution in [-0.4, -0.2) is 27.7 Å². The average molecular weight is 258 g/mol. The number of alkyl carbamates (subject to hydrolysis) is 1. The van der Waals surface area contributed by atoms with Gasteiger partial charge in [-0.05, 0) is 44.8 Å². The molecule has 0 aliphatic heterocycles. The first-order valence-electron chi connectivity index (χ1n) is 5.44. The zero-order valence-corrected chi connectivity index (χ0v) is 11.1. The first kappa shape index (κ1) is 13.9. The highest BCUT2D eigenvalue weighted by Gasteiger charge is 2.16. The van der Waals surface area contributed by atoms with Crippen LogP contribution in [0.5, 0.6) is 0 Å². The minimum atomic E-state index is -0.586. The Morgan fingerprint density at radius 3 is 2.88 bits per heavy atom. The molecule has 6 heteroatoms. The van der Waals surface area contributed by atoms with Crippen LogP contribution >= 0.6 is 11.5 Å². The summed E-state index contributed by atoms with van der Waals surface area (Å²) in [7, 11) is 0. The number of carbonyl (C=O) groups excluding carboxylic acids is 1. The van der Waals surface area contributed by atoms with E-state index >= 15 is 0 Å². The van der Waals surface area contributed by atoms with E-state index in [1.165, 1.54) is 11.5 Å². The van der Waals surface area contributed by atoms with Crippen molar-refractivity contribution in [2.24, 2.45) is 0 Å². The number of hydrogen-bond acceptors (Lipinski definition) is 5. The van der Waals surface area contributed by atoms with Gasteiger partial charge in [-0.25, -0.2) is 9.17 Å². The highest BCUT2D eigenvalue weighted by molar-refractivity contribution is 7.05. The fourth-order valence-electron chi connectivity index (χ4n) is 1.16. The number of aliphatic hydroxyl groups is 1. The van der Waals surface area contributed by atoms with Crippen LogP contribution in [0.3, 0.4) is 0 Å². The number of rotatable bonds is 4. The first-order chi connectivity index (χ1) is 7.88. The molecule has 1 amide bonds. The summed E-state index contributed by atoms with van der Waals surface area (Å²) in [5, 5.41) is 12.3. The lowest BCUT2D eigenvalue weighted by Crippen LogP contribution is -2.33. The number of amides is 1. The molecule has 0 aromatic carbocycles. The lowest BCUT2D eigenvalue weighted by Gasteiger charge is -2.19. The second kappa shape index (κ2) is 5.97. The van der Waals surface area contributed by atoms with Gasteiger partial charge in [0, 0.05) is 12.7 Å². The molecule has 0 aliphatic carbocycles. The minimum Gasteiger partial charge on any atom is -0.444 e. The van der Waals surface area contributed by atoms with Crippen molar-refractivity contribution in [2.45, 2.75) is 38.9 Å². The molecule has 0 bridgehead atoms. The summed E-state index contributed by atoms with van der Waals surface area (Å²) >= 11 is 1.26. The van der Waals surface area contributed by atoms with Gasteiger partial charge >= 0.3 is 6.09 Å². The number of aromatic nitrogens is 1. The van der Waals surface area contributed by atoms with Gasteiger partial charge in [-0.3, -0.25) is 0 Å². The largest absolute Gasteiger partial charge is 0.444 e. The van der Waals surface area contributed by atoms with Gasteiger partial charge in [0.15, 0.2) is 0 Å². The van der Waals surface area contributed by atoms with Gasteiger partial charge in [0.05, 0.1) is 11.0 Å². The molecule has 1 heterocycles. The lowest BCUT2D eigenvalue weighted by molar-refractivity contribution is 0.0518. The van der Waals surface area contributed by atoms with E-state index in [1.54, 1.807) is 33.0 Å². The highest BCUT2D eigenvalue weighted by Crippen LogP contribution is 2.18. The topological polar surface area (TPSA) is 71.5 Å². The summed E-state index contributed by atoms with van der Waals surface area (Å²) in [6.45, 7) is 5.78. The third-order valence-corrected chi connectivity index (χ3v) is 2.72. The van der Waals surface area contributed by atoms with E-state index in [0.717, 1.165) is 4.88 Å². The number of aliphatic hydroxyl groups excluding tert-OH is 1. The quantitative estimate of drug-likeness (QED) is 0.867. The van der Waals surface area contributed by atoms with Crippen LogP contribution in [0.1, 0.15) is 38.2 Å². The van der Waals surface area contributed by atoms with E-state index in [0.29, 0.717) is 13.0 Å². The van der Waals surface area contributed by atoms with Crippen LogP contribution in [0, 0.1) is 0 Å². The molecule has 1 aromatic rings. The fraction of sp³-hybridized carbons (Fsp3) is 0.636. The molecule has 1 unspecified atom stereocenters. The monoisotopic (exact) mass is 258 g/mol. The Kier molecular flexibility index (Phi) is 4.89. The number of nitrogens with zero attached hydrogens (tertiary/aromatic N) is 1. The maximum absolute atomic E-state index is 11.3. The van der Waals surface area contributed by atoms with Crippen molar-refractivity contribution < 1.29 is 14.6 Å². The van der Waals surface area contributed by atoms with Crippen molar-refractivity contribution >= 4 is 17.6 Å². The maximum Gasteiger partial charge on any atom is 0.407 e. The summed E-state index contributed by atoms with van der Waals surface area (Å²) in [6, 6.07) is 1.77. The van der Waals surface area contributed by atoms with Crippen LogP contribution in [0.15, 0.2) is 12.3 Å². The zero-order valence-electron chi connectivity index (χ0n) is 10.3. The van der Waals surface area contributed by atoms with Crippen LogP contribution in [0.2, 0.25) is 0 Å². The van der Waals surface area contributed by atoms with E-state index in [1.807, 2.05) is 0 Å². The van der Waals surface area contributed by atoms with Gasteiger partial charge in [-0.15, -0.1) is 0 Å². The molecule has 1 aromatic heterocycles. The molecule has 0 fully saturated rings. The van der Waals surface area contributed by atoms with Crippen LogP contribution in [0.25, 0.3) is 0 Å². The fourth-order valence-corrected chi connectivity index (χ4v) is 1.77. The molecule has 1 atom stereocenters. The second-order valence-electron chi connectivity index (χ2n) is 4.65. The smallest absolute Gasteiger partial charge is 0.407 e. The van der Waals surface area contributed by atoms with Crippen molar-refractivity contribution in [3.63, 3.8) is 0 Å². The van der Waals surface area contributed by atoms with Gasteiger partial charge < -0.3 is 15.2 Å². The van der Waals surface area contributed by atoms with E-state index < -0.39 is 17.8 Å². The predicted molar refractivity (Wildman–Crippen MR) is 65.9 cm³/mol. The van der Waals surface area contributed by atoms with Crippen molar-refractivity contribution in [2.75, 3.05) is 6.54 Å². The van der Waals surface area contributed by atoms with Crippen molar-refractivity contribution in [1.82, 2.24) is 9.69 Å². The van der Waals surface area contributed by atoms with Crippen LogP contribution < -0.4 is 5.32 Å². The number of ether oxygens (including phenoxy) is 1. The van der Waals surface area contributed by atoms with E-state index in [-0.39, 0.29) is 0 Å². The van der Waals surface area contributed by atoms with Gasteiger partial charge in [0.2, 0.25) is 0 Å². The highest BCUT2D eigenvalue weighted by atomic mass is 32.1. The normalized spacial score (nSPS) is 13.2. The van der Waals surface area contributed by atoms with E-state index in [4.69, 9.17) is 4.74 Å². The van der Waals surface area contributed by atoms with Gasteiger partial charge in [0.1, 0.15) is 5.60 Å². The molecule has 1 rings (SSSR count). The second-order valence-corrected chi connectivity index (χ2v) is 5.51. The third-order valence-electron chi connectivity index (χ3n) is 1.87. The summed E-state index contributed by atoms with van der Waals surface area (Å²) in [5.41, 5.74) is -0.500. The maximum atomic E-state index is 11.3. The molecule has 17 heavy (non-hydrogen) atoms. The molecule has 0 saturated carbocycles. The standard InChI is InChI=1S/C11H18N2O3S/c1-11(2,3)16-10(15)12-6-4-8(14)9-5-7-13-17-9/h5,7-8,14H,4,6H2,1-3H3,(H,12,15). The summed E-state index contributed by atoms with van der Waals surface area (Å²) in [5.74, 6) is 0. The van der Waals surface area contributed by atoms with E-state index in [2.05, 4.69) is 9.69 Å². The Bertz CT molecular complexity index is 346. The molecule has 0 radical (unpaired) electrons. The SMILES string of the molecule is CC(C)(C)OC(=O)NCCC(O)c1ccns1. The third kappa shape index (κ3) is 5.65. The van der Waals surface area contributed by atoms with Gasteiger partial charge in [0.25, 0.3) is 0 Å². The molecule has 2 N–H and O–H groups in total. The molecule has 0 spiro atoms. The Morgan fingerprint density at radius 1 is 1.65 bits per heavy atom. The Labute approximate surface area is 105 Å². The molecule has 0 aliphatic rings. The predicted octanol–water partition coefficient (Wildman–Crippen LogP) is 2.09. The molecule has 5 nitrogen and oxygen atoms in total. The zero-order chi connectivity index (χ0) is 12.9. The Morgan fingerprint density at radius 2 is 2.35 bits per heavy atom. The first-order valence-corrected chi connectivity index (χ1v) is 6.21. The van der Waals surface area contributed by atoms with Crippen LogP contribution in [0.4, 0.5) is 4.79 Å². The molecular formula is C11H18N2O3S. The molecule has 0 saturated heterocycles. The van der Waals surface area contributed by atoms with Crippen molar-refractivity contribution in [3.8, 4) is 0 Å². The Hall–Kier alpha value is -1.14. The summed E-state index contributed by atoms with van der Waals surface area (Å²) < 4.78 is 8.97. The number of nitrogens with one attached hydrogen (secondary N) is 1. The summed E-state index contributed by atoms with van der Waals surface area (Å²) in [4.78, 5) is 12.1. The average Bonchev–Trinajstić information content (AvgIpc) is 2.66. The lowest BCUT2D eigenvalue weighted by atomic mass is 10.2. The van der Waals surface area contributed by atoms with Crippen LogP contribution in [-0.2, 0) is 4.74 Å². The van der Waals surface area contributed by atoms with Gasteiger partial charge in [-0.2, -0.15) is 0 Å². The molecular weight excluding hydrogens is 240 g/mol. The Balaban J connectivity index is 2.22.